The Hall–Kier alpha value is -3.38. The Labute approximate surface area is 184 Å². The van der Waals surface area contributed by atoms with Crippen LogP contribution in [-0.2, 0) is 6.54 Å². The maximum Gasteiger partial charge on any atom is 0.344 e. The second-order valence-electron chi connectivity index (χ2n) is 8.70. The van der Waals surface area contributed by atoms with Crippen LogP contribution >= 0.6 is 0 Å². The lowest BCUT2D eigenvalue weighted by atomic mass is 9.93. The van der Waals surface area contributed by atoms with E-state index in [2.05, 4.69) is 4.90 Å². The molecule has 32 heavy (non-hydrogen) atoms. The Bertz CT molecular complexity index is 1440. The molecule has 2 aliphatic rings. The first-order chi connectivity index (χ1) is 15.7. The van der Waals surface area contributed by atoms with Crippen molar-refractivity contribution in [3.8, 4) is 16.9 Å². The second-order valence-corrected chi connectivity index (χ2v) is 8.70. The van der Waals surface area contributed by atoms with E-state index in [1.807, 2.05) is 30.3 Å². The van der Waals surface area contributed by atoms with Gasteiger partial charge in [-0.25, -0.2) is 9.59 Å². The quantitative estimate of drug-likeness (QED) is 0.415. The van der Waals surface area contributed by atoms with Crippen LogP contribution in [0, 0.1) is 0 Å². The van der Waals surface area contributed by atoms with Crippen molar-refractivity contribution in [2.45, 2.75) is 44.7 Å². The first-order valence-corrected chi connectivity index (χ1v) is 11.2. The SMILES string of the molecule is O=c1cc(-c2cc3ccccc3oc2=O)c2ccc3c(c2o1)CN(C1CCCCC1)CO3. The van der Waals surface area contributed by atoms with Gasteiger partial charge < -0.3 is 13.6 Å². The lowest BCUT2D eigenvalue weighted by Gasteiger charge is -2.37. The number of hydrogen-bond acceptors (Lipinski definition) is 6. The third-order valence-corrected chi connectivity index (χ3v) is 6.74. The van der Waals surface area contributed by atoms with Gasteiger partial charge in [-0.1, -0.05) is 37.5 Å². The van der Waals surface area contributed by atoms with Crippen LogP contribution in [0.25, 0.3) is 33.1 Å². The van der Waals surface area contributed by atoms with Gasteiger partial charge in [0.15, 0.2) is 0 Å². The Morgan fingerprint density at radius 2 is 1.72 bits per heavy atom. The molecule has 1 saturated carbocycles. The number of fused-ring (bicyclic) bond motifs is 4. The van der Waals surface area contributed by atoms with Crippen LogP contribution < -0.4 is 16.0 Å². The van der Waals surface area contributed by atoms with Gasteiger partial charge >= 0.3 is 11.3 Å². The van der Waals surface area contributed by atoms with Crippen LogP contribution in [0.3, 0.4) is 0 Å². The summed E-state index contributed by atoms with van der Waals surface area (Å²) in [6, 6.07) is 14.7. The third-order valence-electron chi connectivity index (χ3n) is 6.74. The van der Waals surface area contributed by atoms with Crippen molar-refractivity contribution in [2.75, 3.05) is 6.73 Å². The van der Waals surface area contributed by atoms with E-state index in [1.165, 1.54) is 25.3 Å². The first kappa shape index (κ1) is 19.3. The molecule has 6 heteroatoms. The fraction of sp³-hybridized carbons (Fsp3) is 0.308. The molecule has 0 radical (unpaired) electrons. The van der Waals surface area contributed by atoms with Gasteiger partial charge in [0.25, 0.3) is 0 Å². The number of para-hydroxylation sites is 1. The Kier molecular flexibility index (Phi) is 4.61. The highest BCUT2D eigenvalue weighted by atomic mass is 16.5. The highest BCUT2D eigenvalue weighted by Gasteiger charge is 2.28. The Morgan fingerprint density at radius 1 is 0.875 bits per heavy atom. The predicted molar refractivity (Wildman–Crippen MR) is 122 cm³/mol. The minimum atomic E-state index is -0.497. The molecule has 1 aliphatic carbocycles. The molecule has 3 heterocycles. The van der Waals surface area contributed by atoms with Crippen molar-refractivity contribution in [1.82, 2.24) is 4.90 Å². The zero-order valence-corrected chi connectivity index (χ0v) is 17.6. The lowest BCUT2D eigenvalue weighted by Crippen LogP contribution is -2.41. The van der Waals surface area contributed by atoms with Gasteiger partial charge in [0.1, 0.15) is 23.6 Å². The fourth-order valence-electron chi connectivity index (χ4n) is 5.10. The summed E-state index contributed by atoms with van der Waals surface area (Å²) >= 11 is 0. The molecule has 2 aromatic carbocycles. The van der Waals surface area contributed by atoms with Crippen molar-refractivity contribution < 1.29 is 13.6 Å². The number of nitrogens with zero attached hydrogens (tertiary/aromatic N) is 1. The number of rotatable bonds is 2. The average molecular weight is 429 g/mol. The van der Waals surface area contributed by atoms with Gasteiger partial charge in [0.2, 0.25) is 0 Å². The molecule has 1 fully saturated rings. The second kappa shape index (κ2) is 7.64. The van der Waals surface area contributed by atoms with Crippen molar-refractivity contribution in [3.05, 3.63) is 74.9 Å². The molecule has 2 aromatic heterocycles. The van der Waals surface area contributed by atoms with Crippen molar-refractivity contribution >= 4 is 21.9 Å². The maximum absolute atomic E-state index is 12.8. The van der Waals surface area contributed by atoms with Crippen LogP contribution in [-0.4, -0.2) is 17.7 Å². The van der Waals surface area contributed by atoms with E-state index < -0.39 is 11.3 Å². The predicted octanol–water partition coefficient (Wildman–Crippen LogP) is 5.05. The average Bonchev–Trinajstić information content (AvgIpc) is 2.83. The van der Waals surface area contributed by atoms with Crippen molar-refractivity contribution in [2.24, 2.45) is 0 Å². The van der Waals surface area contributed by atoms with E-state index in [-0.39, 0.29) is 0 Å². The minimum Gasteiger partial charge on any atom is -0.478 e. The molecular formula is C26H23NO5. The highest BCUT2D eigenvalue weighted by molar-refractivity contribution is 5.97. The van der Waals surface area contributed by atoms with Crippen LogP contribution in [0.5, 0.6) is 5.75 Å². The van der Waals surface area contributed by atoms with Gasteiger partial charge in [-0.2, -0.15) is 0 Å². The van der Waals surface area contributed by atoms with Crippen LogP contribution in [0.4, 0.5) is 0 Å². The highest BCUT2D eigenvalue weighted by Crippen LogP contribution is 2.37. The smallest absolute Gasteiger partial charge is 0.344 e. The van der Waals surface area contributed by atoms with Gasteiger partial charge in [-0.3, -0.25) is 4.90 Å². The van der Waals surface area contributed by atoms with E-state index in [9.17, 15) is 9.59 Å². The summed E-state index contributed by atoms with van der Waals surface area (Å²) in [5.41, 5.74) is 1.76. The third kappa shape index (κ3) is 3.22. The zero-order valence-electron chi connectivity index (χ0n) is 17.6. The summed E-state index contributed by atoms with van der Waals surface area (Å²) in [6.45, 7) is 1.21. The Balaban J connectivity index is 1.51. The molecule has 6 rings (SSSR count). The van der Waals surface area contributed by atoms with Crippen LogP contribution in [0.1, 0.15) is 37.7 Å². The molecular weight excluding hydrogens is 406 g/mol. The van der Waals surface area contributed by atoms with Crippen LogP contribution in [0.2, 0.25) is 0 Å². The largest absolute Gasteiger partial charge is 0.478 e. The first-order valence-electron chi connectivity index (χ1n) is 11.2. The van der Waals surface area contributed by atoms with E-state index in [4.69, 9.17) is 13.6 Å². The molecule has 0 amide bonds. The summed E-state index contributed by atoms with van der Waals surface area (Å²) in [4.78, 5) is 27.7. The maximum atomic E-state index is 12.8. The molecule has 4 aromatic rings. The zero-order chi connectivity index (χ0) is 21.7. The Morgan fingerprint density at radius 3 is 2.59 bits per heavy atom. The molecule has 0 atom stereocenters. The van der Waals surface area contributed by atoms with Gasteiger partial charge in [-0.15, -0.1) is 0 Å². The molecule has 0 bridgehead atoms. The molecule has 162 valence electrons. The van der Waals surface area contributed by atoms with E-state index in [1.54, 1.807) is 12.1 Å². The van der Waals surface area contributed by atoms with Crippen molar-refractivity contribution in [1.29, 1.82) is 0 Å². The van der Waals surface area contributed by atoms with Crippen molar-refractivity contribution in [3.63, 3.8) is 0 Å². The van der Waals surface area contributed by atoms with Gasteiger partial charge in [-0.05, 0) is 37.1 Å². The number of benzene rings is 2. The molecule has 0 unspecified atom stereocenters. The fourth-order valence-corrected chi connectivity index (χ4v) is 5.10. The molecule has 0 saturated heterocycles. The summed E-state index contributed by atoms with van der Waals surface area (Å²) in [5, 5.41) is 1.51. The van der Waals surface area contributed by atoms with Gasteiger partial charge in [0.05, 0.1) is 11.1 Å². The summed E-state index contributed by atoms with van der Waals surface area (Å²) < 4.78 is 17.3. The van der Waals surface area contributed by atoms with E-state index in [0.29, 0.717) is 47.0 Å². The monoisotopic (exact) mass is 429 g/mol. The standard InChI is InChI=1S/C26H23NO5/c28-24-13-19(20-12-16-6-4-5-9-22(16)31-26(20)29)18-10-11-23-21(25(18)32-24)14-27(15-30-23)17-7-2-1-3-8-17/h4-6,9-13,17H,1-3,7-8,14-15H2. The molecule has 0 N–H and O–H groups in total. The number of ether oxygens (including phenoxy) is 1. The summed E-state index contributed by atoms with van der Waals surface area (Å²) in [6.07, 6.45) is 6.09. The molecule has 6 nitrogen and oxygen atoms in total. The van der Waals surface area contributed by atoms with E-state index in [0.717, 1.165) is 29.5 Å². The molecule has 1 aliphatic heterocycles. The summed E-state index contributed by atoms with van der Waals surface area (Å²) in [5.74, 6) is 0.732. The minimum absolute atomic E-state index is 0.349. The number of hydrogen-bond donors (Lipinski definition) is 0. The topological polar surface area (TPSA) is 72.9 Å². The van der Waals surface area contributed by atoms with E-state index >= 15 is 0 Å². The lowest BCUT2D eigenvalue weighted by molar-refractivity contribution is 0.0406. The molecule has 0 spiro atoms. The normalized spacial score (nSPS) is 17.4. The summed E-state index contributed by atoms with van der Waals surface area (Å²) in [7, 11) is 0. The van der Waals surface area contributed by atoms with Gasteiger partial charge in [0, 0.05) is 35.0 Å². The van der Waals surface area contributed by atoms with Crippen LogP contribution in [0.15, 0.2) is 67.0 Å².